The molecule has 2 aromatic rings. The van der Waals surface area contributed by atoms with Crippen molar-refractivity contribution in [3.05, 3.63) is 58.6 Å². The standard InChI is InChI=1S/C17H16ClF3N2S/c1-10(2)11-4-3-5-13(8-11)22-16(24)23-15-7-6-12(18)9-14(15)17(19,20)21/h3-10H,1-2H3,(H2,22,23,24). The van der Waals surface area contributed by atoms with Crippen molar-refractivity contribution in [2.45, 2.75) is 25.9 Å². The lowest BCUT2D eigenvalue weighted by atomic mass is 10.0. The van der Waals surface area contributed by atoms with Gasteiger partial charge in [0.1, 0.15) is 0 Å². The van der Waals surface area contributed by atoms with Gasteiger partial charge in [-0.25, -0.2) is 0 Å². The molecule has 0 unspecified atom stereocenters. The summed E-state index contributed by atoms with van der Waals surface area (Å²) < 4.78 is 39.3. The van der Waals surface area contributed by atoms with E-state index in [4.69, 9.17) is 23.8 Å². The number of halogens is 4. The van der Waals surface area contributed by atoms with E-state index < -0.39 is 11.7 Å². The van der Waals surface area contributed by atoms with Gasteiger partial charge in [-0.2, -0.15) is 13.2 Å². The van der Waals surface area contributed by atoms with Crippen LogP contribution in [0.15, 0.2) is 42.5 Å². The van der Waals surface area contributed by atoms with Gasteiger partial charge in [-0.1, -0.05) is 37.6 Å². The molecule has 0 aliphatic rings. The van der Waals surface area contributed by atoms with Crippen LogP contribution in [0.4, 0.5) is 24.5 Å². The van der Waals surface area contributed by atoms with E-state index in [0.29, 0.717) is 11.6 Å². The first kappa shape index (κ1) is 18.5. The molecule has 7 heteroatoms. The second-order valence-corrected chi connectivity index (χ2v) is 6.39. The Labute approximate surface area is 149 Å². The van der Waals surface area contributed by atoms with Crippen LogP contribution in [0.25, 0.3) is 0 Å². The summed E-state index contributed by atoms with van der Waals surface area (Å²) >= 11 is 10.8. The molecule has 2 nitrogen and oxygen atoms in total. The lowest BCUT2D eigenvalue weighted by Crippen LogP contribution is -2.21. The SMILES string of the molecule is CC(C)c1cccc(NC(=S)Nc2ccc(Cl)cc2C(F)(F)F)c1. The van der Waals surface area contributed by atoms with E-state index in [1.54, 1.807) is 6.07 Å². The van der Waals surface area contributed by atoms with Gasteiger partial charge in [-0.05, 0) is 54.0 Å². The van der Waals surface area contributed by atoms with Crippen LogP contribution in [0, 0.1) is 0 Å². The highest BCUT2D eigenvalue weighted by Gasteiger charge is 2.34. The molecule has 0 fully saturated rings. The number of hydrogen-bond donors (Lipinski definition) is 2. The van der Waals surface area contributed by atoms with Crippen molar-refractivity contribution >= 4 is 40.3 Å². The highest BCUT2D eigenvalue weighted by Crippen LogP contribution is 2.36. The van der Waals surface area contributed by atoms with Gasteiger partial charge in [0.05, 0.1) is 11.3 Å². The fraction of sp³-hybridized carbons (Fsp3) is 0.235. The van der Waals surface area contributed by atoms with Crippen LogP contribution >= 0.6 is 23.8 Å². The van der Waals surface area contributed by atoms with Gasteiger partial charge in [-0.3, -0.25) is 0 Å². The van der Waals surface area contributed by atoms with Gasteiger partial charge in [0.15, 0.2) is 5.11 Å². The smallest absolute Gasteiger partial charge is 0.332 e. The summed E-state index contributed by atoms with van der Waals surface area (Å²) in [6.07, 6.45) is -4.53. The number of rotatable bonds is 3. The maximum absolute atomic E-state index is 13.1. The van der Waals surface area contributed by atoms with Crippen molar-refractivity contribution in [2.24, 2.45) is 0 Å². The molecule has 24 heavy (non-hydrogen) atoms. The van der Waals surface area contributed by atoms with Gasteiger partial charge < -0.3 is 10.6 Å². The van der Waals surface area contributed by atoms with E-state index in [1.165, 1.54) is 12.1 Å². The summed E-state index contributed by atoms with van der Waals surface area (Å²) in [7, 11) is 0. The second-order valence-electron chi connectivity index (χ2n) is 5.55. The van der Waals surface area contributed by atoms with Crippen molar-refractivity contribution < 1.29 is 13.2 Å². The minimum Gasteiger partial charge on any atom is -0.332 e. The summed E-state index contributed by atoms with van der Waals surface area (Å²) in [5, 5.41) is 5.57. The molecule has 0 aliphatic carbocycles. The molecule has 0 radical (unpaired) electrons. The number of nitrogens with one attached hydrogen (secondary N) is 2. The normalized spacial score (nSPS) is 11.5. The molecule has 0 aliphatic heterocycles. The third-order valence-electron chi connectivity index (χ3n) is 3.35. The van der Waals surface area contributed by atoms with Crippen molar-refractivity contribution in [1.82, 2.24) is 0 Å². The van der Waals surface area contributed by atoms with Crippen molar-refractivity contribution in [2.75, 3.05) is 10.6 Å². The summed E-state index contributed by atoms with van der Waals surface area (Å²) in [6.45, 7) is 4.11. The molecule has 0 saturated heterocycles. The number of benzene rings is 2. The first-order valence-electron chi connectivity index (χ1n) is 7.21. The third-order valence-corrected chi connectivity index (χ3v) is 3.79. The van der Waals surface area contributed by atoms with Crippen LogP contribution in [0.5, 0.6) is 0 Å². The van der Waals surface area contributed by atoms with E-state index in [0.717, 1.165) is 11.6 Å². The van der Waals surface area contributed by atoms with Crippen molar-refractivity contribution in [3.8, 4) is 0 Å². The van der Waals surface area contributed by atoms with Gasteiger partial charge >= 0.3 is 6.18 Å². The fourth-order valence-corrected chi connectivity index (χ4v) is 2.52. The highest BCUT2D eigenvalue weighted by atomic mass is 35.5. The van der Waals surface area contributed by atoms with Crippen LogP contribution in [0.1, 0.15) is 30.9 Å². The van der Waals surface area contributed by atoms with Crippen LogP contribution < -0.4 is 10.6 Å². The monoisotopic (exact) mass is 372 g/mol. The first-order chi connectivity index (χ1) is 11.2. The van der Waals surface area contributed by atoms with Crippen molar-refractivity contribution in [1.29, 1.82) is 0 Å². The quantitative estimate of drug-likeness (QED) is 0.619. The Balaban J connectivity index is 2.17. The lowest BCUT2D eigenvalue weighted by Gasteiger charge is -2.17. The number of thiocarbonyl (C=S) groups is 1. The average molecular weight is 373 g/mol. The van der Waals surface area contributed by atoms with Gasteiger partial charge in [0, 0.05) is 10.7 Å². The zero-order valence-electron chi connectivity index (χ0n) is 13.0. The minimum absolute atomic E-state index is 0.0105. The maximum Gasteiger partial charge on any atom is 0.418 e. The molecule has 0 amide bonds. The van der Waals surface area contributed by atoms with Gasteiger partial charge in [0.2, 0.25) is 0 Å². The van der Waals surface area contributed by atoms with E-state index in [1.807, 2.05) is 18.2 Å². The Morgan fingerprint density at radius 2 is 1.79 bits per heavy atom. The predicted octanol–water partition coefficient (Wildman–Crippen LogP) is 6.29. The summed E-state index contributed by atoms with van der Waals surface area (Å²) in [5.74, 6) is 0.335. The van der Waals surface area contributed by atoms with Crippen LogP contribution in [0.2, 0.25) is 5.02 Å². The molecule has 0 atom stereocenters. The second kappa shape index (κ2) is 7.40. The van der Waals surface area contributed by atoms with Gasteiger partial charge in [0.25, 0.3) is 0 Å². The van der Waals surface area contributed by atoms with Crippen LogP contribution in [0.3, 0.4) is 0 Å². The lowest BCUT2D eigenvalue weighted by molar-refractivity contribution is -0.136. The largest absolute Gasteiger partial charge is 0.418 e. The summed E-state index contributed by atoms with van der Waals surface area (Å²) in [5.41, 5.74) is 0.797. The molecule has 128 valence electrons. The Hall–Kier alpha value is -1.79. The van der Waals surface area contributed by atoms with Gasteiger partial charge in [-0.15, -0.1) is 0 Å². The number of anilines is 2. The van der Waals surface area contributed by atoms with Crippen LogP contribution in [-0.2, 0) is 6.18 Å². The molecule has 0 saturated carbocycles. The molecule has 0 bridgehead atoms. The molecule has 2 rings (SSSR count). The number of hydrogen-bond acceptors (Lipinski definition) is 1. The highest BCUT2D eigenvalue weighted by molar-refractivity contribution is 7.80. The van der Waals surface area contributed by atoms with E-state index in [2.05, 4.69) is 24.5 Å². The molecule has 0 spiro atoms. The minimum atomic E-state index is -4.53. The first-order valence-corrected chi connectivity index (χ1v) is 8.00. The Morgan fingerprint density at radius 1 is 1.08 bits per heavy atom. The summed E-state index contributed by atoms with van der Waals surface area (Å²) in [4.78, 5) is 0. The zero-order chi connectivity index (χ0) is 17.9. The summed E-state index contributed by atoms with van der Waals surface area (Å²) in [6, 6.07) is 11.0. The van der Waals surface area contributed by atoms with E-state index >= 15 is 0 Å². The third kappa shape index (κ3) is 4.85. The number of alkyl halides is 3. The van der Waals surface area contributed by atoms with Crippen LogP contribution in [-0.4, -0.2) is 5.11 Å². The molecular formula is C17H16ClF3N2S. The molecule has 0 aromatic heterocycles. The topological polar surface area (TPSA) is 24.1 Å². The molecule has 2 aromatic carbocycles. The predicted molar refractivity (Wildman–Crippen MR) is 96.8 cm³/mol. The average Bonchev–Trinajstić information content (AvgIpc) is 2.48. The molecule has 2 N–H and O–H groups in total. The van der Waals surface area contributed by atoms with E-state index in [-0.39, 0.29) is 15.8 Å². The van der Waals surface area contributed by atoms with E-state index in [9.17, 15) is 13.2 Å². The molecular weight excluding hydrogens is 357 g/mol. The Bertz CT molecular complexity index is 745. The Morgan fingerprint density at radius 3 is 2.42 bits per heavy atom. The van der Waals surface area contributed by atoms with Crippen molar-refractivity contribution in [3.63, 3.8) is 0 Å². The molecule has 0 heterocycles. The fourth-order valence-electron chi connectivity index (χ4n) is 2.12. The maximum atomic E-state index is 13.1. The Kier molecular flexibility index (Phi) is 5.72. The zero-order valence-corrected chi connectivity index (χ0v) is 14.6.